The zero-order valence-electron chi connectivity index (χ0n) is 5.50. The van der Waals surface area contributed by atoms with Crippen LogP contribution in [0.4, 0.5) is 0 Å². The lowest BCUT2D eigenvalue weighted by atomic mass is 10.2. The zero-order chi connectivity index (χ0) is 7.98. The van der Waals surface area contributed by atoms with E-state index in [4.69, 9.17) is 0 Å². The van der Waals surface area contributed by atoms with Crippen LogP contribution in [0.2, 0.25) is 0 Å². The second-order valence-electron chi connectivity index (χ2n) is 1.61. The van der Waals surface area contributed by atoms with Gasteiger partial charge in [0, 0.05) is 0 Å². The van der Waals surface area contributed by atoms with Gasteiger partial charge in [0.1, 0.15) is 6.29 Å². The Kier molecular flexibility index (Phi) is 3.87. The number of carbonyl (C=O) groups is 2. The van der Waals surface area contributed by atoms with Crippen LogP contribution in [-0.4, -0.2) is 12.3 Å². The molecule has 0 saturated heterocycles. The van der Waals surface area contributed by atoms with Crippen molar-refractivity contribution in [1.29, 1.82) is 0 Å². The normalized spacial score (nSPS) is 8.00. The van der Waals surface area contributed by atoms with Crippen LogP contribution in [-0.2, 0) is 14.3 Å². The lowest BCUT2D eigenvalue weighted by Gasteiger charge is -1.94. The summed E-state index contributed by atoms with van der Waals surface area (Å²) in [6.45, 7) is 6.46. The van der Waals surface area contributed by atoms with E-state index in [2.05, 4.69) is 17.9 Å². The molecule has 0 bridgehead atoms. The summed E-state index contributed by atoms with van der Waals surface area (Å²) in [5.74, 6) is -0.521. The molecule has 54 valence electrons. The predicted octanol–water partition coefficient (Wildman–Crippen LogP) is 0.818. The summed E-state index contributed by atoms with van der Waals surface area (Å²) in [7, 11) is 0. The summed E-state index contributed by atoms with van der Waals surface area (Å²) >= 11 is 0. The summed E-state index contributed by atoms with van der Waals surface area (Å²) < 4.78 is 4.32. The van der Waals surface area contributed by atoms with Crippen LogP contribution < -0.4 is 0 Å². The van der Waals surface area contributed by atoms with Crippen LogP contribution in [0, 0.1) is 0 Å². The molecule has 3 heteroatoms. The van der Waals surface area contributed by atoms with Crippen molar-refractivity contribution in [3.63, 3.8) is 0 Å². The first-order valence-electron chi connectivity index (χ1n) is 2.64. The molecular formula is C7H8O3. The molecule has 0 saturated carbocycles. The quantitative estimate of drug-likeness (QED) is 0.251. The van der Waals surface area contributed by atoms with Crippen LogP contribution in [0.5, 0.6) is 0 Å². The van der Waals surface area contributed by atoms with E-state index in [0.29, 0.717) is 6.29 Å². The van der Waals surface area contributed by atoms with Gasteiger partial charge in [-0.05, 0) is 5.57 Å². The molecule has 0 rings (SSSR count). The summed E-state index contributed by atoms with van der Waals surface area (Å²) in [5, 5.41) is 0. The largest absolute Gasteiger partial charge is 0.435 e. The second-order valence-corrected chi connectivity index (χ2v) is 1.61. The molecule has 0 atom stereocenters. The van der Waals surface area contributed by atoms with Crippen LogP contribution in [0.3, 0.4) is 0 Å². The third kappa shape index (κ3) is 3.60. The van der Waals surface area contributed by atoms with Crippen molar-refractivity contribution in [2.75, 3.05) is 0 Å². The van der Waals surface area contributed by atoms with Gasteiger partial charge in [0.2, 0.25) is 0 Å². The highest BCUT2D eigenvalue weighted by Gasteiger charge is 2.01. The maximum atomic E-state index is 10.5. The first-order valence-corrected chi connectivity index (χ1v) is 2.64. The van der Waals surface area contributed by atoms with Gasteiger partial charge in [-0.15, -0.1) is 0 Å². The molecule has 0 aromatic carbocycles. The average Bonchev–Trinajstić information content (AvgIpc) is 1.88. The molecule has 0 heterocycles. The monoisotopic (exact) mass is 140 g/mol. The van der Waals surface area contributed by atoms with Crippen molar-refractivity contribution >= 4 is 12.3 Å². The van der Waals surface area contributed by atoms with Crippen LogP contribution in [0.15, 0.2) is 25.0 Å². The van der Waals surface area contributed by atoms with Gasteiger partial charge in [0.25, 0.3) is 0 Å². The smallest absolute Gasteiger partial charge is 0.315 e. The van der Waals surface area contributed by atoms with E-state index >= 15 is 0 Å². The van der Waals surface area contributed by atoms with Crippen molar-refractivity contribution in [2.45, 2.75) is 6.42 Å². The standard InChI is InChI=1S/C7H8O3/c1-3-10-7(9)4-6(2)5-8/h3,5H,1-2,4H2. The van der Waals surface area contributed by atoms with E-state index in [-0.39, 0.29) is 12.0 Å². The van der Waals surface area contributed by atoms with Crippen molar-refractivity contribution < 1.29 is 14.3 Å². The van der Waals surface area contributed by atoms with Gasteiger partial charge in [0.05, 0.1) is 12.7 Å². The molecule has 10 heavy (non-hydrogen) atoms. The number of aldehydes is 1. The number of hydrogen-bond donors (Lipinski definition) is 0. The molecule has 0 radical (unpaired) electrons. The molecule has 0 aliphatic heterocycles. The highest BCUT2D eigenvalue weighted by Crippen LogP contribution is 1.95. The maximum Gasteiger partial charge on any atom is 0.315 e. The molecule has 0 fully saturated rings. The summed E-state index contributed by atoms with van der Waals surface area (Å²) in [5.41, 5.74) is 0.201. The maximum absolute atomic E-state index is 10.5. The van der Waals surface area contributed by atoms with E-state index in [1.807, 2.05) is 0 Å². The van der Waals surface area contributed by atoms with E-state index in [0.717, 1.165) is 6.26 Å². The minimum absolute atomic E-state index is 0.0739. The first-order chi connectivity index (χ1) is 4.70. The summed E-state index contributed by atoms with van der Waals surface area (Å²) in [6.07, 6.45) is 1.46. The van der Waals surface area contributed by atoms with Crippen LogP contribution >= 0.6 is 0 Å². The van der Waals surface area contributed by atoms with E-state index in [9.17, 15) is 9.59 Å². The van der Waals surface area contributed by atoms with E-state index < -0.39 is 5.97 Å². The Labute approximate surface area is 59.0 Å². The predicted molar refractivity (Wildman–Crippen MR) is 36.1 cm³/mol. The molecule has 0 spiro atoms. The molecule has 0 aromatic rings. The molecule has 0 aliphatic carbocycles. The van der Waals surface area contributed by atoms with Gasteiger partial charge in [-0.3, -0.25) is 9.59 Å². The zero-order valence-corrected chi connectivity index (χ0v) is 5.50. The van der Waals surface area contributed by atoms with Crippen molar-refractivity contribution in [2.24, 2.45) is 0 Å². The van der Waals surface area contributed by atoms with Gasteiger partial charge in [-0.1, -0.05) is 13.2 Å². The topological polar surface area (TPSA) is 43.4 Å². The fourth-order valence-electron chi connectivity index (χ4n) is 0.362. The molecule has 0 aliphatic rings. The number of rotatable bonds is 4. The number of carbonyl (C=O) groups excluding carboxylic acids is 2. The van der Waals surface area contributed by atoms with Gasteiger partial charge in [0.15, 0.2) is 0 Å². The molecule has 0 N–H and O–H groups in total. The second kappa shape index (κ2) is 4.49. The third-order valence-corrected chi connectivity index (χ3v) is 0.753. The fraction of sp³-hybridized carbons (Fsp3) is 0.143. The van der Waals surface area contributed by atoms with E-state index in [1.54, 1.807) is 0 Å². The Balaban J connectivity index is 3.67. The molecule has 0 aromatic heterocycles. The Morgan fingerprint density at radius 1 is 1.60 bits per heavy atom. The minimum atomic E-state index is -0.521. The minimum Gasteiger partial charge on any atom is -0.435 e. The number of esters is 1. The Hall–Kier alpha value is -1.38. The van der Waals surface area contributed by atoms with Crippen molar-refractivity contribution in [1.82, 2.24) is 0 Å². The Morgan fingerprint density at radius 3 is 2.60 bits per heavy atom. The highest BCUT2D eigenvalue weighted by atomic mass is 16.5. The first kappa shape index (κ1) is 8.62. The van der Waals surface area contributed by atoms with Gasteiger partial charge < -0.3 is 4.74 Å². The molecule has 3 nitrogen and oxygen atoms in total. The van der Waals surface area contributed by atoms with Crippen molar-refractivity contribution in [3.05, 3.63) is 25.0 Å². The lowest BCUT2D eigenvalue weighted by Crippen LogP contribution is -2.00. The summed E-state index contributed by atoms with van der Waals surface area (Å²) in [4.78, 5) is 20.4. The van der Waals surface area contributed by atoms with Crippen molar-refractivity contribution in [3.8, 4) is 0 Å². The third-order valence-electron chi connectivity index (χ3n) is 0.753. The average molecular weight is 140 g/mol. The molecule has 0 unspecified atom stereocenters. The highest BCUT2D eigenvalue weighted by molar-refractivity contribution is 5.83. The molecule has 0 amide bonds. The summed E-state index contributed by atoms with van der Waals surface area (Å²) in [6, 6.07) is 0. The SMILES string of the molecule is C=COC(=O)CC(=C)C=O. The lowest BCUT2D eigenvalue weighted by molar-refractivity contribution is -0.137. The van der Waals surface area contributed by atoms with E-state index in [1.165, 1.54) is 0 Å². The number of hydrogen-bond acceptors (Lipinski definition) is 3. The number of ether oxygens (including phenoxy) is 1. The van der Waals surface area contributed by atoms with Gasteiger partial charge >= 0.3 is 5.97 Å². The Bertz CT molecular complexity index is 170. The fourth-order valence-corrected chi connectivity index (χ4v) is 0.362. The van der Waals surface area contributed by atoms with Crippen LogP contribution in [0.25, 0.3) is 0 Å². The Morgan fingerprint density at radius 2 is 2.20 bits per heavy atom. The van der Waals surface area contributed by atoms with Gasteiger partial charge in [-0.25, -0.2) is 0 Å². The van der Waals surface area contributed by atoms with Gasteiger partial charge in [-0.2, -0.15) is 0 Å². The van der Waals surface area contributed by atoms with Crippen LogP contribution in [0.1, 0.15) is 6.42 Å². The molecular weight excluding hydrogens is 132 g/mol.